The molecule has 5 heteroatoms. The number of methoxy groups -OCH3 is 1. The van der Waals surface area contributed by atoms with Gasteiger partial charge in [-0.05, 0) is 30.5 Å². The summed E-state index contributed by atoms with van der Waals surface area (Å²) in [6, 6.07) is 4.18. The van der Waals surface area contributed by atoms with E-state index >= 15 is 0 Å². The predicted octanol–water partition coefficient (Wildman–Crippen LogP) is 2.99. The summed E-state index contributed by atoms with van der Waals surface area (Å²) in [7, 11) is 1.39. The summed E-state index contributed by atoms with van der Waals surface area (Å²) in [5, 5.41) is 3.68. The van der Waals surface area contributed by atoms with Crippen LogP contribution in [-0.4, -0.2) is 24.9 Å². The SMILES string of the molecule is COc1ccc(C(=O)NCC(C)CCBr)cc1F. The van der Waals surface area contributed by atoms with Gasteiger partial charge in [-0.25, -0.2) is 4.39 Å². The molecule has 18 heavy (non-hydrogen) atoms. The van der Waals surface area contributed by atoms with Gasteiger partial charge in [0.05, 0.1) is 7.11 Å². The monoisotopic (exact) mass is 317 g/mol. The maximum atomic E-state index is 13.4. The van der Waals surface area contributed by atoms with Gasteiger partial charge in [0, 0.05) is 17.4 Å². The average Bonchev–Trinajstić information content (AvgIpc) is 2.36. The summed E-state index contributed by atoms with van der Waals surface area (Å²) >= 11 is 3.35. The lowest BCUT2D eigenvalue weighted by molar-refractivity contribution is 0.0947. The topological polar surface area (TPSA) is 38.3 Å². The van der Waals surface area contributed by atoms with Crippen LogP contribution in [0.25, 0.3) is 0 Å². The summed E-state index contributed by atoms with van der Waals surface area (Å²) in [5.41, 5.74) is 0.305. The zero-order valence-electron chi connectivity index (χ0n) is 10.5. The smallest absolute Gasteiger partial charge is 0.251 e. The fourth-order valence-electron chi connectivity index (χ4n) is 1.46. The lowest BCUT2D eigenvalue weighted by atomic mass is 10.1. The Bertz CT molecular complexity index is 412. The quantitative estimate of drug-likeness (QED) is 0.819. The van der Waals surface area contributed by atoms with Crippen molar-refractivity contribution in [3.63, 3.8) is 0 Å². The number of carbonyl (C=O) groups excluding carboxylic acids is 1. The van der Waals surface area contributed by atoms with E-state index in [9.17, 15) is 9.18 Å². The van der Waals surface area contributed by atoms with Gasteiger partial charge >= 0.3 is 0 Å². The minimum atomic E-state index is -0.529. The molecule has 0 radical (unpaired) electrons. The molecule has 0 spiro atoms. The Morgan fingerprint density at radius 2 is 2.28 bits per heavy atom. The molecule has 1 atom stereocenters. The van der Waals surface area contributed by atoms with E-state index in [0.717, 1.165) is 11.8 Å². The summed E-state index contributed by atoms with van der Waals surface area (Å²) < 4.78 is 18.2. The van der Waals surface area contributed by atoms with Crippen molar-refractivity contribution in [3.05, 3.63) is 29.6 Å². The van der Waals surface area contributed by atoms with Crippen molar-refractivity contribution < 1.29 is 13.9 Å². The first kappa shape index (κ1) is 15.0. The van der Waals surface area contributed by atoms with Crippen LogP contribution in [0.15, 0.2) is 18.2 Å². The van der Waals surface area contributed by atoms with E-state index in [1.165, 1.54) is 19.2 Å². The first-order valence-electron chi connectivity index (χ1n) is 5.76. The maximum absolute atomic E-state index is 13.4. The average molecular weight is 318 g/mol. The van der Waals surface area contributed by atoms with E-state index in [1.54, 1.807) is 6.07 Å². The number of carbonyl (C=O) groups is 1. The predicted molar refractivity (Wildman–Crippen MR) is 72.9 cm³/mol. The van der Waals surface area contributed by atoms with Gasteiger partial charge in [-0.1, -0.05) is 22.9 Å². The molecule has 0 heterocycles. The number of alkyl halides is 1. The van der Waals surface area contributed by atoms with Crippen molar-refractivity contribution in [2.75, 3.05) is 19.0 Å². The molecule has 1 aromatic carbocycles. The van der Waals surface area contributed by atoms with Gasteiger partial charge in [-0.2, -0.15) is 0 Å². The number of halogens is 2. The van der Waals surface area contributed by atoms with E-state index in [1.807, 2.05) is 0 Å². The second-order valence-corrected chi connectivity index (χ2v) is 4.94. The number of benzene rings is 1. The van der Waals surface area contributed by atoms with Crippen molar-refractivity contribution in [1.82, 2.24) is 5.32 Å². The Morgan fingerprint density at radius 3 is 2.83 bits per heavy atom. The number of rotatable bonds is 6. The van der Waals surface area contributed by atoms with Gasteiger partial charge in [0.25, 0.3) is 5.91 Å². The molecule has 1 unspecified atom stereocenters. The largest absolute Gasteiger partial charge is 0.494 e. The number of ether oxygens (including phenoxy) is 1. The minimum Gasteiger partial charge on any atom is -0.494 e. The minimum absolute atomic E-state index is 0.138. The van der Waals surface area contributed by atoms with E-state index in [2.05, 4.69) is 28.2 Å². The molecule has 0 aliphatic rings. The first-order chi connectivity index (χ1) is 8.58. The Labute approximate surface area is 115 Å². The van der Waals surface area contributed by atoms with Crippen LogP contribution < -0.4 is 10.1 Å². The van der Waals surface area contributed by atoms with Crippen LogP contribution in [0.3, 0.4) is 0 Å². The van der Waals surface area contributed by atoms with Crippen molar-refractivity contribution in [1.29, 1.82) is 0 Å². The second kappa shape index (κ2) is 7.36. The molecule has 1 amide bonds. The number of amides is 1. The van der Waals surface area contributed by atoms with E-state index in [0.29, 0.717) is 18.0 Å². The number of hydrogen-bond donors (Lipinski definition) is 1. The fraction of sp³-hybridized carbons (Fsp3) is 0.462. The Morgan fingerprint density at radius 1 is 1.56 bits per heavy atom. The molecule has 1 rings (SSSR count). The molecule has 3 nitrogen and oxygen atoms in total. The standard InChI is InChI=1S/C13H17BrFNO2/c1-9(5-6-14)8-16-13(17)10-3-4-12(18-2)11(15)7-10/h3-4,7,9H,5-6,8H2,1-2H3,(H,16,17). The van der Waals surface area contributed by atoms with Gasteiger partial charge in [0.15, 0.2) is 11.6 Å². The molecule has 100 valence electrons. The lowest BCUT2D eigenvalue weighted by Crippen LogP contribution is -2.28. The highest BCUT2D eigenvalue weighted by atomic mass is 79.9. The number of hydrogen-bond acceptors (Lipinski definition) is 2. The van der Waals surface area contributed by atoms with Crippen LogP contribution >= 0.6 is 15.9 Å². The molecule has 0 bridgehead atoms. The van der Waals surface area contributed by atoms with Gasteiger partial charge in [0.1, 0.15) is 0 Å². The molecule has 0 aromatic heterocycles. The molecule has 0 aliphatic carbocycles. The lowest BCUT2D eigenvalue weighted by Gasteiger charge is -2.11. The maximum Gasteiger partial charge on any atom is 0.251 e. The molecule has 0 saturated carbocycles. The second-order valence-electron chi connectivity index (χ2n) is 4.14. The Balaban J connectivity index is 2.59. The normalized spacial score (nSPS) is 12.0. The molecule has 1 N–H and O–H groups in total. The summed E-state index contributed by atoms with van der Waals surface area (Å²) in [6.45, 7) is 2.63. The fourth-order valence-corrected chi connectivity index (χ4v) is 2.25. The first-order valence-corrected chi connectivity index (χ1v) is 6.88. The third-order valence-electron chi connectivity index (χ3n) is 2.63. The van der Waals surface area contributed by atoms with Crippen LogP contribution in [0.2, 0.25) is 0 Å². The summed E-state index contributed by atoms with van der Waals surface area (Å²) in [4.78, 5) is 11.8. The van der Waals surface area contributed by atoms with Crippen LogP contribution in [0, 0.1) is 11.7 Å². The zero-order valence-corrected chi connectivity index (χ0v) is 12.1. The van der Waals surface area contributed by atoms with Crippen LogP contribution in [0.1, 0.15) is 23.7 Å². The third kappa shape index (κ3) is 4.29. The van der Waals surface area contributed by atoms with Crippen molar-refractivity contribution >= 4 is 21.8 Å². The summed E-state index contributed by atoms with van der Waals surface area (Å²) in [5.74, 6) is -0.271. The van der Waals surface area contributed by atoms with Gasteiger partial charge in [-0.15, -0.1) is 0 Å². The molecule has 0 aliphatic heterocycles. The molecular formula is C13H17BrFNO2. The van der Waals surface area contributed by atoms with E-state index < -0.39 is 5.82 Å². The Kier molecular flexibility index (Phi) is 6.12. The highest BCUT2D eigenvalue weighted by Gasteiger charge is 2.10. The van der Waals surface area contributed by atoms with Crippen LogP contribution in [0.5, 0.6) is 5.75 Å². The highest BCUT2D eigenvalue weighted by Crippen LogP contribution is 2.17. The third-order valence-corrected chi connectivity index (χ3v) is 3.08. The van der Waals surface area contributed by atoms with Crippen molar-refractivity contribution in [2.24, 2.45) is 5.92 Å². The molecular weight excluding hydrogens is 301 g/mol. The zero-order chi connectivity index (χ0) is 13.5. The van der Waals surface area contributed by atoms with Crippen LogP contribution in [-0.2, 0) is 0 Å². The van der Waals surface area contributed by atoms with E-state index in [-0.39, 0.29) is 11.7 Å². The number of nitrogens with one attached hydrogen (secondary N) is 1. The van der Waals surface area contributed by atoms with Crippen molar-refractivity contribution in [2.45, 2.75) is 13.3 Å². The van der Waals surface area contributed by atoms with Crippen molar-refractivity contribution in [3.8, 4) is 5.75 Å². The van der Waals surface area contributed by atoms with E-state index in [4.69, 9.17) is 4.74 Å². The highest BCUT2D eigenvalue weighted by molar-refractivity contribution is 9.09. The van der Waals surface area contributed by atoms with Gasteiger partial charge in [-0.3, -0.25) is 4.79 Å². The van der Waals surface area contributed by atoms with Crippen LogP contribution in [0.4, 0.5) is 4.39 Å². The van der Waals surface area contributed by atoms with Gasteiger partial charge in [0.2, 0.25) is 0 Å². The Hall–Kier alpha value is -1.10. The van der Waals surface area contributed by atoms with Gasteiger partial charge < -0.3 is 10.1 Å². The molecule has 0 fully saturated rings. The molecule has 1 aromatic rings. The molecule has 0 saturated heterocycles. The summed E-state index contributed by atoms with van der Waals surface area (Å²) in [6.07, 6.45) is 0.983.